The maximum Gasteiger partial charge on any atom is -0.0173 e. The molecule has 0 N–H and O–H groups in total. The van der Waals surface area contributed by atoms with Crippen LogP contribution in [-0.4, -0.2) is 0 Å². The molecule has 0 aromatic rings. The van der Waals surface area contributed by atoms with Crippen molar-refractivity contribution < 1.29 is 0 Å². The molecule has 1 radical (unpaired) electrons. The van der Waals surface area contributed by atoms with E-state index in [0.29, 0.717) is 5.41 Å². The Hall–Kier alpha value is -0.260. The minimum Gasteiger partial charge on any atom is -0.103 e. The summed E-state index contributed by atoms with van der Waals surface area (Å²) in [4.78, 5) is 0. The number of hydrogen-bond acceptors (Lipinski definition) is 0. The Bertz CT molecular complexity index is 84.7. The van der Waals surface area contributed by atoms with Crippen LogP contribution in [0.2, 0.25) is 0 Å². The predicted octanol–water partition coefficient (Wildman–Crippen LogP) is 3.59. The van der Waals surface area contributed by atoms with Crippen LogP contribution in [0.1, 0.15) is 40.0 Å². The Kier molecular flexibility index (Phi) is 4.42. The van der Waals surface area contributed by atoms with Gasteiger partial charge in [0.05, 0.1) is 0 Å². The standard InChI is InChI=1S/C10H19/c1-5-6-7-8-9-10(2,3)4/h5-6H,1,7-9H2,2-4H3. The molecular weight excluding hydrogens is 120 g/mol. The van der Waals surface area contributed by atoms with Crippen molar-refractivity contribution in [3.05, 3.63) is 19.1 Å². The third kappa shape index (κ3) is 7.74. The predicted molar refractivity (Wildman–Crippen MR) is 47.8 cm³/mol. The molecule has 0 aliphatic rings. The van der Waals surface area contributed by atoms with E-state index < -0.39 is 0 Å². The molecule has 0 nitrogen and oxygen atoms in total. The SMILES string of the molecule is C=C[CH]CCCC(C)(C)C. The topological polar surface area (TPSA) is 0 Å². The second kappa shape index (κ2) is 4.54. The molecule has 0 aliphatic carbocycles. The first-order valence-corrected chi connectivity index (χ1v) is 4.00. The van der Waals surface area contributed by atoms with Gasteiger partial charge in [-0.15, -0.1) is 6.58 Å². The van der Waals surface area contributed by atoms with Crippen LogP contribution in [0.5, 0.6) is 0 Å². The fourth-order valence-corrected chi connectivity index (χ4v) is 0.868. The van der Waals surface area contributed by atoms with Gasteiger partial charge >= 0.3 is 0 Å². The van der Waals surface area contributed by atoms with Gasteiger partial charge in [-0.3, -0.25) is 0 Å². The Labute approximate surface area is 65.3 Å². The molecule has 0 aromatic heterocycles. The number of unbranched alkanes of at least 4 members (excludes halogenated alkanes) is 2. The molecule has 0 saturated heterocycles. The summed E-state index contributed by atoms with van der Waals surface area (Å²) in [6, 6.07) is 0. The van der Waals surface area contributed by atoms with Gasteiger partial charge in [-0.25, -0.2) is 0 Å². The minimum atomic E-state index is 0.495. The summed E-state index contributed by atoms with van der Waals surface area (Å²) >= 11 is 0. The molecule has 0 heteroatoms. The van der Waals surface area contributed by atoms with Gasteiger partial charge in [0, 0.05) is 0 Å². The molecule has 59 valence electrons. The van der Waals surface area contributed by atoms with E-state index >= 15 is 0 Å². The molecule has 0 spiro atoms. The second-order valence-electron chi connectivity index (χ2n) is 3.92. The summed E-state index contributed by atoms with van der Waals surface area (Å²) in [6.07, 6.45) is 7.78. The second-order valence-corrected chi connectivity index (χ2v) is 3.92. The zero-order valence-electron chi connectivity index (χ0n) is 7.48. The van der Waals surface area contributed by atoms with Gasteiger partial charge in [-0.2, -0.15) is 0 Å². The third-order valence-corrected chi connectivity index (χ3v) is 1.46. The molecule has 0 bridgehead atoms. The Morgan fingerprint density at radius 3 is 2.30 bits per heavy atom. The van der Waals surface area contributed by atoms with Crippen molar-refractivity contribution in [2.45, 2.75) is 40.0 Å². The lowest BCUT2D eigenvalue weighted by atomic mass is 9.89. The van der Waals surface area contributed by atoms with Crippen molar-refractivity contribution in [1.29, 1.82) is 0 Å². The van der Waals surface area contributed by atoms with Gasteiger partial charge in [0.1, 0.15) is 0 Å². The maximum absolute atomic E-state index is 3.64. The van der Waals surface area contributed by atoms with Gasteiger partial charge in [0.15, 0.2) is 0 Å². The highest BCUT2D eigenvalue weighted by atomic mass is 14.1. The van der Waals surface area contributed by atoms with Crippen LogP contribution in [0.15, 0.2) is 12.7 Å². The molecule has 0 amide bonds. The van der Waals surface area contributed by atoms with Crippen molar-refractivity contribution in [3.63, 3.8) is 0 Å². The van der Waals surface area contributed by atoms with E-state index in [2.05, 4.69) is 33.8 Å². The normalized spacial score (nSPS) is 11.5. The number of rotatable bonds is 4. The Morgan fingerprint density at radius 2 is 1.90 bits per heavy atom. The largest absolute Gasteiger partial charge is 0.103 e. The van der Waals surface area contributed by atoms with Crippen LogP contribution < -0.4 is 0 Å². The number of allylic oxidation sites excluding steroid dienone is 1. The van der Waals surface area contributed by atoms with Gasteiger partial charge in [-0.05, 0) is 24.7 Å². The lowest BCUT2D eigenvalue weighted by molar-refractivity contribution is 0.365. The smallest absolute Gasteiger partial charge is 0.0173 e. The lowest BCUT2D eigenvalue weighted by Crippen LogP contribution is -2.03. The summed E-state index contributed by atoms with van der Waals surface area (Å²) in [5, 5.41) is 0. The van der Waals surface area contributed by atoms with Crippen LogP contribution in [-0.2, 0) is 0 Å². The van der Waals surface area contributed by atoms with Crippen molar-refractivity contribution in [1.82, 2.24) is 0 Å². The van der Waals surface area contributed by atoms with Crippen LogP contribution >= 0.6 is 0 Å². The van der Waals surface area contributed by atoms with Gasteiger partial charge in [0.25, 0.3) is 0 Å². The Morgan fingerprint density at radius 1 is 1.30 bits per heavy atom. The molecule has 10 heavy (non-hydrogen) atoms. The van der Waals surface area contributed by atoms with Crippen molar-refractivity contribution in [2.75, 3.05) is 0 Å². The molecule has 0 unspecified atom stereocenters. The van der Waals surface area contributed by atoms with E-state index in [1.54, 1.807) is 0 Å². The summed E-state index contributed by atoms with van der Waals surface area (Å²) in [5.41, 5.74) is 0.495. The summed E-state index contributed by atoms with van der Waals surface area (Å²) < 4.78 is 0. The highest BCUT2D eigenvalue weighted by Crippen LogP contribution is 2.21. The van der Waals surface area contributed by atoms with Crippen LogP contribution in [0, 0.1) is 11.8 Å². The maximum atomic E-state index is 3.64. The quantitative estimate of drug-likeness (QED) is 0.522. The van der Waals surface area contributed by atoms with E-state index in [0.717, 1.165) is 0 Å². The third-order valence-electron chi connectivity index (χ3n) is 1.46. The fourth-order valence-electron chi connectivity index (χ4n) is 0.868. The first kappa shape index (κ1) is 9.74. The number of hydrogen-bond donors (Lipinski definition) is 0. The van der Waals surface area contributed by atoms with Crippen molar-refractivity contribution in [3.8, 4) is 0 Å². The highest BCUT2D eigenvalue weighted by molar-refractivity contribution is 4.85. The molecule has 0 heterocycles. The van der Waals surface area contributed by atoms with Crippen molar-refractivity contribution in [2.24, 2.45) is 5.41 Å². The van der Waals surface area contributed by atoms with Crippen LogP contribution in [0.4, 0.5) is 0 Å². The molecule has 0 atom stereocenters. The van der Waals surface area contributed by atoms with Gasteiger partial charge < -0.3 is 0 Å². The summed E-state index contributed by atoms with van der Waals surface area (Å²) in [6.45, 7) is 10.5. The molecule has 0 fully saturated rings. The molecule has 0 rings (SSSR count). The van der Waals surface area contributed by atoms with Crippen LogP contribution in [0.25, 0.3) is 0 Å². The van der Waals surface area contributed by atoms with E-state index in [1.807, 2.05) is 6.08 Å². The summed E-state index contributed by atoms with van der Waals surface area (Å²) in [7, 11) is 0. The average molecular weight is 139 g/mol. The fraction of sp³-hybridized carbons (Fsp3) is 0.700. The van der Waals surface area contributed by atoms with E-state index in [-0.39, 0.29) is 0 Å². The van der Waals surface area contributed by atoms with E-state index in [1.165, 1.54) is 19.3 Å². The van der Waals surface area contributed by atoms with Gasteiger partial charge in [-0.1, -0.05) is 33.3 Å². The minimum absolute atomic E-state index is 0.495. The van der Waals surface area contributed by atoms with Crippen molar-refractivity contribution >= 4 is 0 Å². The molecular formula is C10H19. The monoisotopic (exact) mass is 139 g/mol. The molecule has 0 aromatic carbocycles. The van der Waals surface area contributed by atoms with E-state index in [4.69, 9.17) is 0 Å². The van der Waals surface area contributed by atoms with Gasteiger partial charge in [0.2, 0.25) is 0 Å². The average Bonchev–Trinajstić information content (AvgIpc) is 1.78. The first-order valence-electron chi connectivity index (χ1n) is 4.00. The highest BCUT2D eigenvalue weighted by Gasteiger charge is 2.07. The van der Waals surface area contributed by atoms with E-state index in [9.17, 15) is 0 Å². The molecule has 0 aliphatic heterocycles. The molecule has 0 saturated carbocycles. The lowest BCUT2D eigenvalue weighted by Gasteiger charge is -2.16. The zero-order valence-corrected chi connectivity index (χ0v) is 7.48. The Balaban J connectivity index is 3.12. The zero-order chi connectivity index (χ0) is 8.04. The first-order chi connectivity index (χ1) is 4.56. The summed E-state index contributed by atoms with van der Waals surface area (Å²) in [5.74, 6) is 0. The van der Waals surface area contributed by atoms with Crippen LogP contribution in [0.3, 0.4) is 0 Å².